The highest BCUT2D eigenvalue weighted by Gasteiger charge is 2.11. The molecule has 23 heavy (non-hydrogen) atoms. The second-order valence-electron chi connectivity index (χ2n) is 5.86. The fraction of sp³-hybridized carbons (Fsp3) is 0.588. The Labute approximate surface area is 135 Å². The molecule has 6 heteroatoms. The first-order valence-corrected chi connectivity index (χ1v) is 8.23. The fourth-order valence-corrected chi connectivity index (χ4v) is 2.75. The molecule has 0 heterocycles. The zero-order valence-corrected chi connectivity index (χ0v) is 13.2. The third-order valence-corrected chi connectivity index (χ3v) is 3.99. The van der Waals surface area contributed by atoms with E-state index in [0.717, 1.165) is 12.1 Å². The van der Waals surface area contributed by atoms with Crippen molar-refractivity contribution in [1.29, 1.82) is 0 Å². The van der Waals surface area contributed by atoms with Crippen LogP contribution in [0.15, 0.2) is 18.2 Å². The van der Waals surface area contributed by atoms with Gasteiger partial charge in [-0.2, -0.15) is 0 Å². The van der Waals surface area contributed by atoms with Crippen LogP contribution in [-0.4, -0.2) is 31.6 Å². The van der Waals surface area contributed by atoms with Crippen molar-refractivity contribution in [2.75, 3.05) is 19.7 Å². The van der Waals surface area contributed by atoms with Crippen molar-refractivity contribution in [2.45, 2.75) is 44.6 Å². The summed E-state index contributed by atoms with van der Waals surface area (Å²) in [7, 11) is 0. The van der Waals surface area contributed by atoms with Gasteiger partial charge in [-0.1, -0.05) is 25.7 Å². The molecule has 1 aromatic rings. The minimum absolute atomic E-state index is 0.127. The molecule has 1 aromatic carbocycles. The number of amides is 1. The number of carbonyl (C=O) groups excluding carboxylic acids is 1. The molecule has 1 saturated carbocycles. The van der Waals surface area contributed by atoms with Gasteiger partial charge in [0.25, 0.3) is 5.91 Å². The topological polar surface area (TPSA) is 50.4 Å². The van der Waals surface area contributed by atoms with Crippen LogP contribution in [0.3, 0.4) is 0 Å². The van der Waals surface area contributed by atoms with Gasteiger partial charge in [0.05, 0.1) is 0 Å². The van der Waals surface area contributed by atoms with E-state index in [2.05, 4.69) is 10.6 Å². The van der Waals surface area contributed by atoms with Gasteiger partial charge in [-0.05, 0) is 25.0 Å². The largest absolute Gasteiger partial charge is 0.481 e. The summed E-state index contributed by atoms with van der Waals surface area (Å²) < 4.78 is 31.1. The van der Waals surface area contributed by atoms with Crippen LogP contribution in [0.2, 0.25) is 0 Å². The lowest BCUT2D eigenvalue weighted by atomic mass is 10.1. The summed E-state index contributed by atoms with van der Waals surface area (Å²) in [6, 6.07) is 3.53. The molecule has 0 bridgehead atoms. The van der Waals surface area contributed by atoms with E-state index in [4.69, 9.17) is 4.74 Å². The second-order valence-corrected chi connectivity index (χ2v) is 5.86. The lowest BCUT2D eigenvalue weighted by molar-refractivity contribution is -0.123. The van der Waals surface area contributed by atoms with E-state index < -0.39 is 11.6 Å². The predicted molar refractivity (Wildman–Crippen MR) is 84.4 cm³/mol. The molecule has 0 spiro atoms. The summed E-state index contributed by atoms with van der Waals surface area (Å²) in [6.07, 6.45) is 7.54. The lowest BCUT2D eigenvalue weighted by Crippen LogP contribution is -2.38. The number of hydrogen-bond donors (Lipinski definition) is 2. The fourth-order valence-electron chi connectivity index (χ4n) is 2.75. The van der Waals surface area contributed by atoms with Crippen molar-refractivity contribution in [3.05, 3.63) is 29.8 Å². The Hall–Kier alpha value is -1.69. The maximum atomic E-state index is 13.3. The third kappa shape index (κ3) is 6.52. The van der Waals surface area contributed by atoms with Crippen molar-refractivity contribution in [3.63, 3.8) is 0 Å². The second kappa shape index (κ2) is 9.45. The molecule has 0 atom stereocenters. The highest BCUT2D eigenvalue weighted by Crippen LogP contribution is 2.17. The monoisotopic (exact) mass is 326 g/mol. The van der Waals surface area contributed by atoms with Crippen molar-refractivity contribution in [3.8, 4) is 5.75 Å². The SMILES string of the molecule is O=C(COc1ccc(F)cc1F)NCCNC1CCCCCC1. The number of hydrogen-bond acceptors (Lipinski definition) is 3. The quantitative estimate of drug-likeness (QED) is 0.598. The molecular weight excluding hydrogens is 302 g/mol. The summed E-state index contributed by atoms with van der Waals surface area (Å²) in [5.41, 5.74) is 0. The van der Waals surface area contributed by atoms with Gasteiger partial charge in [0.1, 0.15) is 5.82 Å². The first-order chi connectivity index (χ1) is 11.1. The minimum Gasteiger partial charge on any atom is -0.481 e. The Morgan fingerprint density at radius 3 is 2.57 bits per heavy atom. The number of ether oxygens (including phenoxy) is 1. The number of halogens is 2. The van der Waals surface area contributed by atoms with Crippen LogP contribution >= 0.6 is 0 Å². The van der Waals surface area contributed by atoms with Gasteiger partial charge < -0.3 is 15.4 Å². The molecule has 0 radical (unpaired) electrons. The van der Waals surface area contributed by atoms with Gasteiger partial charge in [-0.15, -0.1) is 0 Å². The van der Waals surface area contributed by atoms with Crippen LogP contribution in [0.5, 0.6) is 5.75 Å². The normalized spacial score (nSPS) is 15.9. The molecule has 0 unspecified atom stereocenters. The van der Waals surface area contributed by atoms with Crippen LogP contribution in [-0.2, 0) is 4.79 Å². The molecule has 1 aliphatic carbocycles. The Bertz CT molecular complexity index is 503. The lowest BCUT2D eigenvalue weighted by Gasteiger charge is -2.16. The smallest absolute Gasteiger partial charge is 0.257 e. The summed E-state index contributed by atoms with van der Waals surface area (Å²) in [6.45, 7) is 0.928. The van der Waals surface area contributed by atoms with Gasteiger partial charge >= 0.3 is 0 Å². The molecule has 0 saturated heterocycles. The first kappa shape index (κ1) is 17.7. The van der Waals surface area contributed by atoms with Crippen LogP contribution in [0, 0.1) is 11.6 Å². The maximum absolute atomic E-state index is 13.3. The van der Waals surface area contributed by atoms with E-state index in [-0.39, 0.29) is 18.3 Å². The van der Waals surface area contributed by atoms with Crippen LogP contribution in [0.1, 0.15) is 38.5 Å². The highest BCUT2D eigenvalue weighted by molar-refractivity contribution is 5.77. The van der Waals surface area contributed by atoms with Gasteiger partial charge in [-0.25, -0.2) is 8.78 Å². The Balaban J connectivity index is 1.59. The summed E-state index contributed by atoms with van der Waals surface area (Å²) in [5, 5.41) is 6.16. The van der Waals surface area contributed by atoms with Crippen molar-refractivity contribution < 1.29 is 18.3 Å². The zero-order valence-electron chi connectivity index (χ0n) is 13.2. The number of carbonyl (C=O) groups is 1. The Morgan fingerprint density at radius 1 is 1.13 bits per heavy atom. The summed E-state index contributed by atoms with van der Waals surface area (Å²) in [4.78, 5) is 11.6. The van der Waals surface area contributed by atoms with Crippen LogP contribution < -0.4 is 15.4 Å². The average molecular weight is 326 g/mol. The molecule has 4 nitrogen and oxygen atoms in total. The van der Waals surface area contributed by atoms with Crippen molar-refractivity contribution in [2.24, 2.45) is 0 Å². The summed E-state index contributed by atoms with van der Waals surface area (Å²) in [5.74, 6) is -1.94. The number of nitrogens with one attached hydrogen (secondary N) is 2. The molecular formula is C17H24F2N2O2. The third-order valence-electron chi connectivity index (χ3n) is 3.99. The molecule has 1 aliphatic rings. The number of rotatable bonds is 7. The van der Waals surface area contributed by atoms with E-state index in [0.29, 0.717) is 19.1 Å². The van der Waals surface area contributed by atoms with Crippen LogP contribution in [0.4, 0.5) is 8.78 Å². The van der Waals surface area contributed by atoms with E-state index in [1.165, 1.54) is 44.6 Å². The van der Waals surface area contributed by atoms with E-state index in [1.807, 2.05) is 0 Å². The molecule has 128 valence electrons. The van der Waals surface area contributed by atoms with E-state index in [9.17, 15) is 13.6 Å². The molecule has 1 fully saturated rings. The molecule has 2 N–H and O–H groups in total. The standard InChI is InChI=1S/C17H24F2N2O2/c18-13-7-8-16(15(19)11-13)23-12-17(22)21-10-9-20-14-5-3-1-2-4-6-14/h7-8,11,14,20H,1-6,9-10,12H2,(H,21,22). The predicted octanol–water partition coefficient (Wildman–Crippen LogP) is 2.77. The highest BCUT2D eigenvalue weighted by atomic mass is 19.1. The maximum Gasteiger partial charge on any atom is 0.257 e. The molecule has 1 amide bonds. The Morgan fingerprint density at radius 2 is 1.87 bits per heavy atom. The van der Waals surface area contributed by atoms with Crippen molar-refractivity contribution >= 4 is 5.91 Å². The molecule has 0 aliphatic heterocycles. The van der Waals surface area contributed by atoms with Gasteiger partial charge in [0.15, 0.2) is 18.2 Å². The average Bonchev–Trinajstić information content (AvgIpc) is 2.79. The Kier molecular flexibility index (Phi) is 7.26. The van der Waals surface area contributed by atoms with Crippen LogP contribution in [0.25, 0.3) is 0 Å². The first-order valence-electron chi connectivity index (χ1n) is 8.23. The van der Waals surface area contributed by atoms with Gasteiger partial charge in [0, 0.05) is 25.2 Å². The zero-order chi connectivity index (χ0) is 16.5. The summed E-state index contributed by atoms with van der Waals surface area (Å²) >= 11 is 0. The molecule has 2 rings (SSSR count). The van der Waals surface area contributed by atoms with E-state index >= 15 is 0 Å². The van der Waals surface area contributed by atoms with Gasteiger partial charge in [0.2, 0.25) is 0 Å². The van der Waals surface area contributed by atoms with Crippen molar-refractivity contribution in [1.82, 2.24) is 10.6 Å². The molecule has 0 aromatic heterocycles. The number of benzene rings is 1. The van der Waals surface area contributed by atoms with E-state index in [1.54, 1.807) is 0 Å². The minimum atomic E-state index is -0.812. The van der Waals surface area contributed by atoms with Gasteiger partial charge in [-0.3, -0.25) is 4.79 Å².